The minimum Gasteiger partial charge on any atom is -0.330 e. The molecule has 1 saturated heterocycles. The van der Waals surface area contributed by atoms with Gasteiger partial charge in [0.15, 0.2) is 0 Å². The number of carbonyl (C=O) groups is 2. The van der Waals surface area contributed by atoms with Crippen LogP contribution in [0.15, 0.2) is 16.8 Å². The largest absolute Gasteiger partial charge is 0.330 e. The van der Waals surface area contributed by atoms with Crippen molar-refractivity contribution in [3.05, 3.63) is 16.8 Å². The highest BCUT2D eigenvalue weighted by molar-refractivity contribution is 7.08. The second-order valence-corrected chi connectivity index (χ2v) is 4.72. The zero-order chi connectivity index (χ0) is 12.3. The smallest absolute Gasteiger partial charge is 0.329 e. The van der Waals surface area contributed by atoms with Gasteiger partial charge in [0.05, 0.1) is 5.69 Å². The summed E-state index contributed by atoms with van der Waals surface area (Å²) < 4.78 is 0. The summed E-state index contributed by atoms with van der Waals surface area (Å²) in [5, 5.41) is 6.34. The number of anilines is 1. The molecule has 2 rings (SSSR count). The van der Waals surface area contributed by atoms with Crippen LogP contribution in [0.4, 0.5) is 10.5 Å². The molecule has 3 amide bonds. The summed E-state index contributed by atoms with van der Waals surface area (Å²) in [5.41, 5.74) is 6.05. The number of thiophene rings is 1. The number of hydrogen-bond donors (Lipinski definition) is 2. The molecule has 0 bridgehead atoms. The Bertz CT molecular complexity index is 405. The van der Waals surface area contributed by atoms with Crippen LogP contribution in [0.3, 0.4) is 0 Å². The van der Waals surface area contributed by atoms with Gasteiger partial charge in [0.2, 0.25) is 0 Å². The summed E-state index contributed by atoms with van der Waals surface area (Å²) in [6.45, 7) is 0.614. The maximum absolute atomic E-state index is 12.0. The molecule has 6 heteroatoms. The lowest BCUT2D eigenvalue weighted by molar-refractivity contribution is -0.118. The third-order valence-corrected chi connectivity index (χ3v) is 3.40. The van der Waals surface area contributed by atoms with Gasteiger partial charge in [0.25, 0.3) is 5.91 Å². The molecule has 17 heavy (non-hydrogen) atoms. The Balaban J connectivity index is 2.02. The van der Waals surface area contributed by atoms with E-state index in [4.69, 9.17) is 5.73 Å². The summed E-state index contributed by atoms with van der Waals surface area (Å²) >= 11 is 1.46. The van der Waals surface area contributed by atoms with E-state index in [2.05, 4.69) is 5.32 Å². The second-order valence-electron chi connectivity index (χ2n) is 3.94. The SMILES string of the molecule is NCCCC[C@@H]1NC(=O)N(c2ccsc2)C1=O. The molecular formula is C11H15N3O2S. The second kappa shape index (κ2) is 5.29. The minimum atomic E-state index is -0.394. The van der Waals surface area contributed by atoms with E-state index in [1.165, 1.54) is 16.2 Å². The Labute approximate surface area is 104 Å². The minimum absolute atomic E-state index is 0.162. The van der Waals surface area contributed by atoms with Gasteiger partial charge in [-0.05, 0) is 37.3 Å². The van der Waals surface area contributed by atoms with Crippen LogP contribution < -0.4 is 16.0 Å². The normalized spacial score (nSPS) is 19.8. The van der Waals surface area contributed by atoms with Crippen LogP contribution in [0.2, 0.25) is 0 Å². The average Bonchev–Trinajstić information content (AvgIpc) is 2.89. The van der Waals surface area contributed by atoms with Crippen molar-refractivity contribution in [1.82, 2.24) is 5.32 Å². The number of nitrogens with two attached hydrogens (primary N) is 1. The van der Waals surface area contributed by atoms with Crippen LogP contribution in [0.5, 0.6) is 0 Å². The van der Waals surface area contributed by atoms with Crippen molar-refractivity contribution in [3.63, 3.8) is 0 Å². The highest BCUT2D eigenvalue weighted by Crippen LogP contribution is 2.23. The molecule has 1 aliphatic heterocycles. The average molecular weight is 253 g/mol. The van der Waals surface area contributed by atoms with Gasteiger partial charge in [-0.15, -0.1) is 0 Å². The van der Waals surface area contributed by atoms with Crippen LogP contribution in [0, 0.1) is 0 Å². The van der Waals surface area contributed by atoms with Crippen molar-refractivity contribution >= 4 is 29.0 Å². The predicted molar refractivity (Wildman–Crippen MR) is 67.0 cm³/mol. The number of urea groups is 1. The number of nitrogens with zero attached hydrogens (tertiary/aromatic N) is 1. The number of nitrogens with one attached hydrogen (secondary N) is 1. The third-order valence-electron chi connectivity index (χ3n) is 2.73. The lowest BCUT2D eigenvalue weighted by Gasteiger charge is -2.10. The molecule has 0 saturated carbocycles. The zero-order valence-corrected chi connectivity index (χ0v) is 10.2. The lowest BCUT2D eigenvalue weighted by atomic mass is 10.1. The van der Waals surface area contributed by atoms with Gasteiger partial charge in [-0.3, -0.25) is 4.79 Å². The first-order valence-corrected chi connectivity index (χ1v) is 6.55. The zero-order valence-electron chi connectivity index (χ0n) is 9.39. The van der Waals surface area contributed by atoms with Crippen molar-refractivity contribution in [2.45, 2.75) is 25.3 Å². The fourth-order valence-electron chi connectivity index (χ4n) is 1.85. The van der Waals surface area contributed by atoms with E-state index in [-0.39, 0.29) is 11.9 Å². The first kappa shape index (κ1) is 12.1. The molecule has 1 aromatic heterocycles. The Hall–Kier alpha value is -1.40. The predicted octanol–water partition coefficient (Wildman–Crippen LogP) is 1.30. The Morgan fingerprint density at radius 2 is 2.24 bits per heavy atom. The molecule has 1 atom stereocenters. The molecule has 0 radical (unpaired) electrons. The molecule has 0 unspecified atom stereocenters. The highest BCUT2D eigenvalue weighted by atomic mass is 32.1. The molecule has 5 nitrogen and oxygen atoms in total. The van der Waals surface area contributed by atoms with Crippen molar-refractivity contribution in [2.75, 3.05) is 11.4 Å². The summed E-state index contributed by atoms with van der Waals surface area (Å²) in [6.07, 6.45) is 2.38. The van der Waals surface area contributed by atoms with Crippen molar-refractivity contribution in [3.8, 4) is 0 Å². The molecular weight excluding hydrogens is 238 g/mol. The number of unbranched alkanes of at least 4 members (excludes halogenated alkanes) is 1. The summed E-state index contributed by atoms with van der Waals surface area (Å²) in [7, 11) is 0. The van der Waals surface area contributed by atoms with Gasteiger partial charge in [0.1, 0.15) is 6.04 Å². The standard InChI is InChI=1S/C11H15N3O2S/c12-5-2-1-3-9-10(15)14(11(16)13-9)8-4-6-17-7-8/h4,6-7,9H,1-3,5,12H2,(H,13,16)/t9-/m0/s1. The van der Waals surface area contributed by atoms with Gasteiger partial charge < -0.3 is 11.1 Å². The van der Waals surface area contributed by atoms with Gasteiger partial charge in [-0.2, -0.15) is 11.3 Å². The van der Waals surface area contributed by atoms with Crippen LogP contribution in [-0.2, 0) is 4.79 Å². The van der Waals surface area contributed by atoms with Gasteiger partial charge in [-0.1, -0.05) is 0 Å². The third kappa shape index (κ3) is 2.48. The van der Waals surface area contributed by atoms with Crippen LogP contribution in [0.25, 0.3) is 0 Å². The van der Waals surface area contributed by atoms with Crippen molar-refractivity contribution in [1.29, 1.82) is 0 Å². The Kier molecular flexibility index (Phi) is 3.75. The summed E-state index contributed by atoms with van der Waals surface area (Å²) in [6, 6.07) is 1.05. The van der Waals surface area contributed by atoms with Gasteiger partial charge >= 0.3 is 6.03 Å². The molecule has 1 aliphatic rings. The van der Waals surface area contributed by atoms with E-state index < -0.39 is 6.04 Å². The molecule has 0 spiro atoms. The van der Waals surface area contributed by atoms with Crippen molar-refractivity contribution < 1.29 is 9.59 Å². The number of rotatable bonds is 5. The first-order valence-electron chi connectivity index (χ1n) is 5.61. The van der Waals surface area contributed by atoms with E-state index in [9.17, 15) is 9.59 Å². The maximum atomic E-state index is 12.0. The summed E-state index contributed by atoms with van der Waals surface area (Å²) in [5.74, 6) is -0.162. The highest BCUT2D eigenvalue weighted by Gasteiger charge is 2.38. The Morgan fingerprint density at radius 3 is 2.88 bits per heavy atom. The number of carbonyl (C=O) groups excluding carboxylic acids is 2. The van der Waals surface area contributed by atoms with Gasteiger partial charge in [0, 0.05) is 5.38 Å². The number of hydrogen-bond acceptors (Lipinski definition) is 4. The van der Waals surface area contributed by atoms with E-state index >= 15 is 0 Å². The molecule has 2 heterocycles. The molecule has 1 fully saturated rings. The molecule has 3 N–H and O–H groups in total. The molecule has 0 aliphatic carbocycles. The van der Waals surface area contributed by atoms with E-state index in [1.807, 2.05) is 5.38 Å². The fourth-order valence-corrected chi connectivity index (χ4v) is 2.47. The topological polar surface area (TPSA) is 75.4 Å². The molecule has 92 valence electrons. The first-order chi connectivity index (χ1) is 8.24. The molecule has 1 aromatic rings. The maximum Gasteiger partial charge on any atom is 0.329 e. The number of amides is 3. The van der Waals surface area contributed by atoms with Crippen molar-refractivity contribution in [2.24, 2.45) is 5.73 Å². The van der Waals surface area contributed by atoms with Crippen LogP contribution >= 0.6 is 11.3 Å². The van der Waals surface area contributed by atoms with E-state index in [0.717, 1.165) is 12.8 Å². The van der Waals surface area contributed by atoms with E-state index in [1.54, 1.807) is 11.4 Å². The molecule has 0 aromatic carbocycles. The van der Waals surface area contributed by atoms with Crippen LogP contribution in [-0.4, -0.2) is 24.5 Å². The monoisotopic (exact) mass is 253 g/mol. The number of imide groups is 1. The summed E-state index contributed by atoms with van der Waals surface area (Å²) in [4.78, 5) is 24.9. The Morgan fingerprint density at radius 1 is 1.41 bits per heavy atom. The van der Waals surface area contributed by atoms with E-state index in [0.29, 0.717) is 18.7 Å². The fraction of sp³-hybridized carbons (Fsp3) is 0.455. The quantitative estimate of drug-likeness (QED) is 0.613. The lowest BCUT2D eigenvalue weighted by Crippen LogP contribution is -2.30. The van der Waals surface area contributed by atoms with Crippen LogP contribution in [0.1, 0.15) is 19.3 Å². The van der Waals surface area contributed by atoms with Gasteiger partial charge in [-0.25, -0.2) is 9.69 Å².